The molecule has 7 heteroatoms. The van der Waals surface area contributed by atoms with Crippen LogP contribution in [0.3, 0.4) is 0 Å². The summed E-state index contributed by atoms with van der Waals surface area (Å²) in [5.41, 5.74) is 2.65. The summed E-state index contributed by atoms with van der Waals surface area (Å²) in [6.45, 7) is 5.87. The minimum Gasteiger partial charge on any atom is -0.368 e. The Bertz CT molecular complexity index is 964. The van der Waals surface area contributed by atoms with Crippen LogP contribution in [0.4, 0.5) is 10.5 Å². The topological polar surface area (TPSA) is 47.6 Å². The lowest BCUT2D eigenvalue weighted by atomic mass is 9.50. The van der Waals surface area contributed by atoms with Gasteiger partial charge in [0, 0.05) is 45.3 Å². The van der Waals surface area contributed by atoms with Crippen molar-refractivity contribution < 1.29 is 4.79 Å². The Morgan fingerprint density at radius 2 is 1.67 bits per heavy atom. The largest absolute Gasteiger partial charge is 0.368 e. The van der Waals surface area contributed by atoms with Crippen molar-refractivity contribution in [2.24, 2.45) is 11.3 Å². The fraction of sp³-hybridized carbons (Fsp3) is 0.500. The monoisotopic (exact) mass is 486 g/mol. The molecular formula is C26H32Cl2N4O. The zero-order valence-electron chi connectivity index (χ0n) is 18.9. The summed E-state index contributed by atoms with van der Waals surface area (Å²) in [5.74, 6) is 0.791. The lowest BCUT2D eigenvalue weighted by Gasteiger charge is -2.58. The molecule has 0 bridgehead atoms. The third-order valence-corrected chi connectivity index (χ3v) is 8.40. The van der Waals surface area contributed by atoms with E-state index in [0.717, 1.165) is 56.2 Å². The van der Waals surface area contributed by atoms with Crippen LogP contribution in [0, 0.1) is 11.3 Å². The first-order chi connectivity index (χ1) is 16.0. The molecule has 0 radical (unpaired) electrons. The van der Waals surface area contributed by atoms with Gasteiger partial charge in [0.25, 0.3) is 0 Å². The minimum atomic E-state index is -0.0488. The van der Waals surface area contributed by atoms with E-state index in [9.17, 15) is 4.79 Å². The van der Waals surface area contributed by atoms with Gasteiger partial charge in [0.15, 0.2) is 0 Å². The van der Waals surface area contributed by atoms with Gasteiger partial charge in [-0.2, -0.15) is 0 Å². The molecular weight excluding hydrogens is 455 g/mol. The molecule has 5 rings (SSSR count). The quantitative estimate of drug-likeness (QED) is 0.591. The van der Waals surface area contributed by atoms with Crippen LogP contribution >= 0.6 is 23.2 Å². The summed E-state index contributed by atoms with van der Waals surface area (Å²) in [6, 6.07) is 16.2. The highest BCUT2D eigenvalue weighted by molar-refractivity contribution is 6.43. The number of anilines is 1. The standard InChI is InChI=1S/C26H32Cl2N4O/c27-22-7-4-8-23(24(22)28)32-11-9-31(10-12-32)18-20-13-26(14-20)15-21(16-26)30-25(33)29-17-19-5-2-1-3-6-19/h1-8,20-21H,9-18H2,(H2,29,30,33). The number of carbonyl (C=O) groups is 1. The third kappa shape index (κ3) is 5.26. The highest BCUT2D eigenvalue weighted by atomic mass is 35.5. The second kappa shape index (κ2) is 9.73. The molecule has 33 heavy (non-hydrogen) atoms. The van der Waals surface area contributed by atoms with Gasteiger partial charge in [0.05, 0.1) is 15.7 Å². The van der Waals surface area contributed by atoms with Gasteiger partial charge in [0.1, 0.15) is 0 Å². The SMILES string of the molecule is O=C(NCc1ccccc1)NC1CC2(CC(CN3CCN(c4cccc(Cl)c4Cl)CC3)C2)C1. The zero-order valence-corrected chi connectivity index (χ0v) is 20.4. The molecule has 3 aliphatic rings. The maximum absolute atomic E-state index is 12.2. The predicted molar refractivity (Wildman–Crippen MR) is 135 cm³/mol. The Morgan fingerprint density at radius 1 is 0.939 bits per heavy atom. The molecule has 1 aliphatic heterocycles. The molecule has 1 heterocycles. The average Bonchev–Trinajstić information content (AvgIpc) is 2.78. The Labute approximate surface area is 206 Å². The van der Waals surface area contributed by atoms with Crippen molar-refractivity contribution in [3.05, 3.63) is 64.1 Å². The highest BCUT2D eigenvalue weighted by Crippen LogP contribution is 2.58. The van der Waals surface area contributed by atoms with Gasteiger partial charge in [-0.25, -0.2) is 4.79 Å². The van der Waals surface area contributed by atoms with Crippen molar-refractivity contribution in [1.29, 1.82) is 0 Å². The van der Waals surface area contributed by atoms with E-state index in [1.54, 1.807) is 0 Å². The van der Waals surface area contributed by atoms with Crippen LogP contribution in [-0.4, -0.2) is 49.7 Å². The molecule has 2 N–H and O–H groups in total. The molecule has 2 aromatic carbocycles. The number of carbonyl (C=O) groups excluding carboxylic acids is 1. The van der Waals surface area contributed by atoms with Crippen LogP contribution in [0.2, 0.25) is 10.0 Å². The summed E-state index contributed by atoms with van der Waals surface area (Å²) >= 11 is 12.6. The van der Waals surface area contributed by atoms with E-state index in [1.165, 1.54) is 19.4 Å². The summed E-state index contributed by atoms with van der Waals surface area (Å²) in [6.07, 6.45) is 4.86. The maximum atomic E-state index is 12.2. The predicted octanol–water partition coefficient (Wildman–Crippen LogP) is 5.17. The highest BCUT2D eigenvalue weighted by Gasteiger charge is 2.53. The smallest absolute Gasteiger partial charge is 0.315 e. The van der Waals surface area contributed by atoms with E-state index in [1.807, 2.05) is 42.5 Å². The maximum Gasteiger partial charge on any atom is 0.315 e. The van der Waals surface area contributed by atoms with Crippen molar-refractivity contribution in [1.82, 2.24) is 15.5 Å². The number of amides is 2. The first kappa shape index (κ1) is 22.8. The zero-order chi connectivity index (χ0) is 22.8. The van der Waals surface area contributed by atoms with E-state index in [0.29, 0.717) is 28.0 Å². The number of urea groups is 1. The average molecular weight is 487 g/mol. The molecule has 176 valence electrons. The van der Waals surface area contributed by atoms with Gasteiger partial charge in [-0.05, 0) is 54.7 Å². The van der Waals surface area contributed by atoms with E-state index < -0.39 is 0 Å². The number of nitrogens with one attached hydrogen (secondary N) is 2. The number of benzene rings is 2. The second-order valence-electron chi connectivity index (χ2n) is 10.1. The van der Waals surface area contributed by atoms with E-state index >= 15 is 0 Å². The van der Waals surface area contributed by atoms with Crippen LogP contribution in [0.5, 0.6) is 0 Å². The normalized spacial score (nSPS) is 27.0. The molecule has 2 saturated carbocycles. The third-order valence-electron chi connectivity index (χ3n) is 7.59. The number of halogens is 2. The van der Waals surface area contributed by atoms with Gasteiger partial charge in [0.2, 0.25) is 0 Å². The van der Waals surface area contributed by atoms with Crippen molar-refractivity contribution in [3.63, 3.8) is 0 Å². The van der Waals surface area contributed by atoms with Gasteiger partial charge < -0.3 is 15.5 Å². The molecule has 5 nitrogen and oxygen atoms in total. The summed E-state index contributed by atoms with van der Waals surface area (Å²) in [7, 11) is 0. The van der Waals surface area contributed by atoms with Crippen molar-refractivity contribution >= 4 is 34.9 Å². The first-order valence-electron chi connectivity index (χ1n) is 12.0. The summed E-state index contributed by atoms with van der Waals surface area (Å²) in [5, 5.41) is 7.40. The van der Waals surface area contributed by atoms with Gasteiger partial charge in [-0.3, -0.25) is 4.90 Å². The van der Waals surface area contributed by atoms with Crippen LogP contribution in [-0.2, 0) is 6.54 Å². The van der Waals surface area contributed by atoms with Crippen LogP contribution in [0.25, 0.3) is 0 Å². The summed E-state index contributed by atoms with van der Waals surface area (Å²) in [4.78, 5) is 17.1. The Kier molecular flexibility index (Phi) is 6.73. The molecule has 0 unspecified atom stereocenters. The molecule has 2 aromatic rings. The van der Waals surface area contributed by atoms with Crippen molar-refractivity contribution in [2.45, 2.75) is 38.3 Å². The number of hydrogen-bond donors (Lipinski definition) is 2. The first-order valence-corrected chi connectivity index (χ1v) is 12.7. The molecule has 1 saturated heterocycles. The van der Waals surface area contributed by atoms with Gasteiger partial charge >= 0.3 is 6.03 Å². The van der Waals surface area contributed by atoms with Gasteiger partial charge in [-0.1, -0.05) is 59.6 Å². The van der Waals surface area contributed by atoms with E-state index in [4.69, 9.17) is 23.2 Å². The lowest BCUT2D eigenvalue weighted by molar-refractivity contribution is -0.0568. The Hall–Kier alpha value is -1.95. The fourth-order valence-electron chi connectivity index (χ4n) is 6.00. The molecule has 0 aromatic heterocycles. The fourth-order valence-corrected chi connectivity index (χ4v) is 6.42. The van der Waals surface area contributed by atoms with Crippen LogP contribution < -0.4 is 15.5 Å². The summed E-state index contributed by atoms with van der Waals surface area (Å²) < 4.78 is 0. The Morgan fingerprint density at radius 3 is 2.39 bits per heavy atom. The minimum absolute atomic E-state index is 0.0488. The number of nitrogens with zero attached hydrogens (tertiary/aromatic N) is 2. The van der Waals surface area contributed by atoms with Crippen molar-refractivity contribution in [3.8, 4) is 0 Å². The second-order valence-corrected chi connectivity index (χ2v) is 10.8. The molecule has 3 fully saturated rings. The molecule has 1 spiro atoms. The number of rotatable bonds is 6. The van der Waals surface area contributed by atoms with Crippen molar-refractivity contribution in [2.75, 3.05) is 37.6 Å². The molecule has 2 aliphatic carbocycles. The van der Waals surface area contributed by atoms with Crippen LogP contribution in [0.15, 0.2) is 48.5 Å². The lowest BCUT2D eigenvalue weighted by Crippen LogP contribution is -2.59. The van der Waals surface area contributed by atoms with Gasteiger partial charge in [-0.15, -0.1) is 0 Å². The molecule has 2 amide bonds. The van der Waals surface area contributed by atoms with E-state index in [2.05, 4.69) is 26.5 Å². The Balaban J connectivity index is 0.983. The number of hydrogen-bond acceptors (Lipinski definition) is 3. The van der Waals surface area contributed by atoms with Crippen LogP contribution in [0.1, 0.15) is 31.2 Å². The number of piperazine rings is 1. The molecule has 0 atom stereocenters. The van der Waals surface area contributed by atoms with E-state index in [-0.39, 0.29) is 6.03 Å².